The Kier molecular flexibility index (Phi) is 6.13. The average Bonchev–Trinajstić information content (AvgIpc) is 3.48. The van der Waals surface area contributed by atoms with Gasteiger partial charge in [-0.1, -0.05) is 5.57 Å². The number of amides is 1. The Bertz CT molecular complexity index is 1440. The van der Waals surface area contributed by atoms with E-state index < -0.39 is 23.3 Å². The Morgan fingerprint density at radius 3 is 2.58 bits per heavy atom. The molecule has 2 aromatic rings. The molecule has 1 atom stereocenters. The number of carbonyl (C=O) groups excluding carboxylic acids is 2. The Balaban J connectivity index is 1.49. The monoisotopic (exact) mass is 523 g/mol. The molecular formula is C27H26F3N6O2+. The molecule has 1 aromatic heterocycles. The van der Waals surface area contributed by atoms with Gasteiger partial charge in [0.25, 0.3) is 0 Å². The molecule has 2 aliphatic carbocycles. The molecule has 3 aliphatic rings. The number of nitrogens with zero attached hydrogens (tertiary/aromatic N) is 4. The maximum Gasteiger partial charge on any atom is 0.414 e. The van der Waals surface area contributed by atoms with Crippen LogP contribution in [0.2, 0.25) is 0 Å². The van der Waals surface area contributed by atoms with Crippen LogP contribution in [0, 0.1) is 16.7 Å². The number of rotatable bonds is 5. The first-order valence-corrected chi connectivity index (χ1v) is 12.2. The summed E-state index contributed by atoms with van der Waals surface area (Å²) in [4.78, 5) is 28.0. The van der Waals surface area contributed by atoms with Gasteiger partial charge in [0.05, 0.1) is 31.0 Å². The Morgan fingerprint density at radius 2 is 1.97 bits per heavy atom. The van der Waals surface area contributed by atoms with Crippen LogP contribution in [-0.4, -0.2) is 40.0 Å². The summed E-state index contributed by atoms with van der Waals surface area (Å²) >= 11 is 0. The predicted molar refractivity (Wildman–Crippen MR) is 131 cm³/mol. The number of halogens is 3. The summed E-state index contributed by atoms with van der Waals surface area (Å²) in [5, 5.41) is 14.7. The van der Waals surface area contributed by atoms with Crippen molar-refractivity contribution < 1.29 is 27.3 Å². The van der Waals surface area contributed by atoms with Crippen LogP contribution in [0.3, 0.4) is 0 Å². The fraction of sp³-hybridized carbons (Fsp3) is 0.333. The summed E-state index contributed by atoms with van der Waals surface area (Å²) in [6.07, 6.45) is 4.22. The number of benzene rings is 1. The topological polar surface area (TPSA) is 94.0 Å². The average molecular weight is 524 g/mol. The Morgan fingerprint density at radius 1 is 1.26 bits per heavy atom. The summed E-state index contributed by atoms with van der Waals surface area (Å²) in [7, 11) is 1.82. The summed E-state index contributed by atoms with van der Waals surface area (Å²) in [5.41, 5.74) is -1.48. The number of allylic oxidation sites excluding steroid dienone is 3. The summed E-state index contributed by atoms with van der Waals surface area (Å²) < 4.78 is 47.3. The van der Waals surface area contributed by atoms with E-state index in [4.69, 9.17) is 5.26 Å². The van der Waals surface area contributed by atoms with Crippen molar-refractivity contribution in [2.45, 2.75) is 38.4 Å². The first-order valence-electron chi connectivity index (χ1n) is 12.2. The highest BCUT2D eigenvalue weighted by Crippen LogP contribution is 2.46. The number of Topliss-reactive ketones (excluding diaryl/α,β-unsaturated/α-hetero) is 1. The molecule has 2 N–H and O–H groups in total. The number of hydrogen-bond acceptors (Lipinski definition) is 5. The van der Waals surface area contributed by atoms with Crippen LogP contribution >= 0.6 is 0 Å². The third kappa shape index (κ3) is 4.06. The van der Waals surface area contributed by atoms with Crippen LogP contribution < -0.4 is 15.2 Å². The molecule has 11 heteroatoms. The molecule has 8 nitrogen and oxygen atoms in total. The molecule has 5 rings (SSSR count). The van der Waals surface area contributed by atoms with Crippen molar-refractivity contribution in [3.63, 3.8) is 0 Å². The third-order valence-corrected chi connectivity index (χ3v) is 7.20. The number of nitrogens with one attached hydrogen (secondary N) is 2. The van der Waals surface area contributed by atoms with E-state index in [1.165, 1.54) is 17.9 Å². The summed E-state index contributed by atoms with van der Waals surface area (Å²) in [6.45, 7) is 1.49. The number of nitriles is 1. The van der Waals surface area contributed by atoms with E-state index in [9.17, 15) is 22.8 Å². The highest BCUT2D eigenvalue weighted by Gasteiger charge is 2.66. The van der Waals surface area contributed by atoms with Gasteiger partial charge in [-0.2, -0.15) is 23.0 Å². The minimum absolute atomic E-state index is 0.0386. The molecule has 38 heavy (non-hydrogen) atoms. The second-order valence-corrected chi connectivity index (χ2v) is 9.76. The lowest BCUT2D eigenvalue weighted by molar-refractivity contribution is -0.673. The van der Waals surface area contributed by atoms with Crippen LogP contribution in [0.5, 0.6) is 0 Å². The second kappa shape index (κ2) is 9.20. The summed E-state index contributed by atoms with van der Waals surface area (Å²) in [6, 6.07) is 8.67. The predicted octanol–water partition coefficient (Wildman–Crippen LogP) is 2.96. The smallest absolute Gasteiger partial charge is 0.360 e. The Labute approximate surface area is 217 Å². The fourth-order valence-corrected chi connectivity index (χ4v) is 4.92. The minimum atomic E-state index is -5.12. The molecule has 1 fully saturated rings. The number of aryl methyl sites for hydroxylation is 1. The van der Waals surface area contributed by atoms with Crippen molar-refractivity contribution >= 4 is 17.4 Å². The highest BCUT2D eigenvalue weighted by atomic mass is 19.4. The standard InChI is InChI=1S/C27H25F3N6O2/c1-17-12-22(23(37)26(13-17,27(28,29)30)25(38)33-19-4-3-5-19)35-15-21(32-16-35)24-34(2)10-11-36(24)20-8-6-18(14-31)7-9-20/h6-13,15,19,32H,3-5,16H2,1-2H3/p+1. The van der Waals surface area contributed by atoms with Gasteiger partial charge in [-0.25, -0.2) is 4.57 Å². The molecule has 2 heterocycles. The van der Waals surface area contributed by atoms with Gasteiger partial charge in [0.2, 0.25) is 17.1 Å². The van der Waals surface area contributed by atoms with Crippen molar-refractivity contribution in [3.8, 4) is 11.8 Å². The highest BCUT2D eigenvalue weighted by molar-refractivity contribution is 6.17. The SMILES string of the molecule is CC1=CC(C(=O)NC2CCC2)(C(F)(F)F)C(=O)C(N2C=C(c3n(-c4ccc(C#N)cc4)cc[n+]3C)NC2)=C1. The molecule has 1 aliphatic heterocycles. The molecule has 0 bridgehead atoms. The van der Waals surface area contributed by atoms with Crippen LogP contribution in [0.1, 0.15) is 37.6 Å². The normalized spacial score (nSPS) is 21.6. The number of carbonyl (C=O) groups is 2. The zero-order chi connectivity index (χ0) is 27.2. The molecule has 0 radical (unpaired) electrons. The minimum Gasteiger partial charge on any atom is -0.360 e. The lowest BCUT2D eigenvalue weighted by Crippen LogP contribution is -2.59. The maximum atomic E-state index is 14.5. The van der Waals surface area contributed by atoms with Crippen molar-refractivity contribution in [1.82, 2.24) is 20.1 Å². The van der Waals surface area contributed by atoms with Crippen molar-refractivity contribution in [3.05, 3.63) is 77.7 Å². The van der Waals surface area contributed by atoms with E-state index in [1.54, 1.807) is 30.5 Å². The van der Waals surface area contributed by atoms with E-state index in [2.05, 4.69) is 16.7 Å². The lowest BCUT2D eigenvalue weighted by atomic mass is 9.74. The largest absolute Gasteiger partial charge is 0.414 e. The van der Waals surface area contributed by atoms with E-state index in [0.29, 0.717) is 29.9 Å². The quantitative estimate of drug-likeness (QED) is 0.464. The van der Waals surface area contributed by atoms with Crippen LogP contribution in [0.4, 0.5) is 13.2 Å². The van der Waals surface area contributed by atoms with Gasteiger partial charge >= 0.3 is 12.0 Å². The van der Waals surface area contributed by atoms with Crippen LogP contribution in [0.25, 0.3) is 11.4 Å². The molecule has 196 valence electrons. The van der Waals surface area contributed by atoms with Gasteiger partial charge in [0.15, 0.2) is 0 Å². The van der Waals surface area contributed by atoms with Crippen LogP contribution in [-0.2, 0) is 16.6 Å². The first kappa shape index (κ1) is 25.3. The van der Waals surface area contributed by atoms with Gasteiger partial charge in [0.1, 0.15) is 23.8 Å². The third-order valence-electron chi connectivity index (χ3n) is 7.20. The maximum absolute atomic E-state index is 14.5. The second-order valence-electron chi connectivity index (χ2n) is 9.76. The van der Waals surface area contributed by atoms with E-state index in [1.807, 2.05) is 28.6 Å². The van der Waals surface area contributed by atoms with E-state index in [-0.39, 0.29) is 24.0 Å². The molecule has 1 saturated carbocycles. The first-order chi connectivity index (χ1) is 18.0. The van der Waals surface area contributed by atoms with E-state index >= 15 is 0 Å². The van der Waals surface area contributed by atoms with Gasteiger partial charge in [0, 0.05) is 12.2 Å². The van der Waals surface area contributed by atoms with Gasteiger partial charge in [-0.3, -0.25) is 9.59 Å². The molecule has 1 amide bonds. The zero-order valence-electron chi connectivity index (χ0n) is 20.8. The number of hydrogen-bond donors (Lipinski definition) is 2. The summed E-state index contributed by atoms with van der Waals surface area (Å²) in [5.74, 6) is -1.96. The van der Waals surface area contributed by atoms with Crippen molar-refractivity contribution in [1.29, 1.82) is 5.26 Å². The molecule has 0 saturated heterocycles. The van der Waals surface area contributed by atoms with E-state index in [0.717, 1.165) is 18.2 Å². The fourth-order valence-electron chi connectivity index (χ4n) is 4.92. The van der Waals surface area contributed by atoms with Crippen LogP contribution in [0.15, 0.2) is 66.3 Å². The Hall–Kier alpha value is -4.33. The molecule has 1 unspecified atom stereocenters. The molecule has 1 aromatic carbocycles. The zero-order valence-corrected chi connectivity index (χ0v) is 20.8. The van der Waals surface area contributed by atoms with Gasteiger partial charge in [-0.05, 0) is 62.6 Å². The van der Waals surface area contributed by atoms with Crippen molar-refractivity contribution in [2.75, 3.05) is 6.67 Å². The number of alkyl halides is 3. The van der Waals surface area contributed by atoms with Gasteiger partial charge in [-0.15, -0.1) is 0 Å². The van der Waals surface area contributed by atoms with Gasteiger partial charge < -0.3 is 15.5 Å². The lowest BCUT2D eigenvalue weighted by Gasteiger charge is -2.37. The van der Waals surface area contributed by atoms with Crippen molar-refractivity contribution in [2.24, 2.45) is 12.5 Å². The molecule has 0 spiro atoms. The number of ketones is 1. The number of imidazole rings is 1. The number of aromatic nitrogens is 2. The molecular weight excluding hydrogens is 497 g/mol.